The number of ether oxygens (including phenoxy) is 6. The topological polar surface area (TPSA) is 284 Å². The summed E-state index contributed by atoms with van der Waals surface area (Å²) in [5, 5.41) is 58.2. The van der Waals surface area contributed by atoms with Crippen LogP contribution < -0.4 is 123 Å². The van der Waals surface area contributed by atoms with E-state index in [2.05, 4.69) is 112 Å². The SMILES string of the molecule is CC(C)I.CC(C)n1nnc(N2CCC(O)CC2)n1.COCOC1CCN(c2nn[nH]n2)CC1.COCOC1CCN(c2nnn(C(C)C)n2)CC1.O=CO[O-].[C-]#[N+]N1CCC(OCOC)CC1.[H-].[K+].[K+]. The van der Waals surface area contributed by atoms with E-state index in [0.717, 1.165) is 108 Å². The minimum absolute atomic E-state index is 0. The van der Waals surface area contributed by atoms with E-state index in [9.17, 15) is 5.11 Å². The summed E-state index contributed by atoms with van der Waals surface area (Å²) < 4.78 is 31.8. The zero-order valence-corrected chi connectivity index (χ0v) is 51.6. The second-order valence-electron chi connectivity index (χ2n) is 16.5. The third-order valence-electron chi connectivity index (χ3n) is 10.2. The first-order valence-corrected chi connectivity index (χ1v) is 24.1. The zero-order valence-electron chi connectivity index (χ0n) is 44.2. The molecule has 30 heteroatoms. The van der Waals surface area contributed by atoms with E-state index in [1.807, 2.05) is 27.7 Å². The van der Waals surface area contributed by atoms with Crippen LogP contribution in [0.5, 0.6) is 0 Å². The number of tetrazole rings is 3. The molecule has 390 valence electrons. The maximum atomic E-state index is 9.38. The Labute approximate surface area is 512 Å². The predicted octanol–water partition coefficient (Wildman–Crippen LogP) is -3.86. The Hall–Kier alpha value is -0.947. The van der Waals surface area contributed by atoms with Crippen molar-refractivity contribution in [2.75, 3.05) is 109 Å². The number of rotatable bonds is 15. The van der Waals surface area contributed by atoms with Gasteiger partial charge in [-0.2, -0.15) is 26.3 Å². The number of halogens is 1. The van der Waals surface area contributed by atoms with Crippen LogP contribution in [0, 0.1) is 6.57 Å². The van der Waals surface area contributed by atoms with Crippen molar-refractivity contribution in [1.82, 2.24) is 66.0 Å². The van der Waals surface area contributed by atoms with E-state index in [0.29, 0.717) is 38.2 Å². The summed E-state index contributed by atoms with van der Waals surface area (Å²) in [5.74, 6) is 2.06. The van der Waals surface area contributed by atoms with Gasteiger partial charge < -0.3 is 59.8 Å². The summed E-state index contributed by atoms with van der Waals surface area (Å²) in [6.45, 7) is 27.0. The maximum absolute atomic E-state index is 9.38. The number of methoxy groups -OCH3 is 3. The van der Waals surface area contributed by atoms with E-state index >= 15 is 0 Å². The predicted molar refractivity (Wildman–Crippen MR) is 256 cm³/mol. The molecule has 4 fully saturated rings. The summed E-state index contributed by atoms with van der Waals surface area (Å²) in [5.41, 5.74) is 0. The van der Waals surface area contributed by atoms with Crippen LogP contribution in [0.4, 0.5) is 17.8 Å². The molecule has 0 aliphatic carbocycles. The first kappa shape index (κ1) is 69.1. The van der Waals surface area contributed by atoms with Crippen LogP contribution in [0.3, 0.4) is 0 Å². The van der Waals surface area contributed by atoms with Crippen molar-refractivity contribution >= 4 is 46.9 Å². The standard InChI is InChI=1S/C11H21N5O2.C9H17N5O.C8H15N5O2.C8H14N2O2.C3H7I.CH2O3.2K.H/c1-9(2)16-13-11(12-14-16)15-6-4-10(5-7-15)18-8-17-3;1-7(2)14-11-9(10-12-14)13-5-3-8(15)4-6-13;1-14-6-15-7-2-4-13(5-3-7)8-9-11-12-10-8;1-9-10-5-3-8(4-6-10)12-7-11-2;1-3(2)4;2-1-4-3;;;/h9-10H,4-8H2,1-3H3;7-8,15H,3-6H2,1-2H3;7H,2-6H2,1H3,(H,9,10,11,12);8H,3-7H2,2H3;3H,1-2H3;1,3H;;;/q;;;;;;2*+1;-1/p-1. The van der Waals surface area contributed by atoms with Gasteiger partial charge in [0, 0.05) is 64.5 Å². The molecule has 0 radical (unpaired) electrons. The molecule has 0 atom stereocenters. The number of aromatic amines is 1. The first-order chi connectivity index (χ1) is 32.8. The van der Waals surface area contributed by atoms with Gasteiger partial charge in [0.2, 0.25) is 0 Å². The van der Waals surface area contributed by atoms with Crippen molar-refractivity contribution in [2.45, 2.75) is 133 Å². The Bertz CT molecular complexity index is 1710. The molecule has 3 aromatic heterocycles. The number of aromatic nitrogens is 12. The molecule has 0 saturated carbocycles. The van der Waals surface area contributed by atoms with Gasteiger partial charge in [-0.05, 0) is 94.7 Å². The van der Waals surface area contributed by atoms with E-state index in [4.69, 9.17) is 45.0 Å². The molecular formula is C40H76IK2N17O10. The number of alkyl halides is 1. The monoisotopic (exact) mass is 1160 g/mol. The summed E-state index contributed by atoms with van der Waals surface area (Å²) in [4.78, 5) is 24.2. The van der Waals surface area contributed by atoms with Gasteiger partial charge in [0.1, 0.15) is 20.4 Å². The number of aliphatic hydroxyl groups is 1. The number of piperidine rings is 4. The zero-order chi connectivity index (χ0) is 50.1. The van der Waals surface area contributed by atoms with Crippen molar-refractivity contribution in [2.24, 2.45) is 0 Å². The van der Waals surface area contributed by atoms with Crippen LogP contribution in [0.2, 0.25) is 0 Å². The summed E-state index contributed by atoms with van der Waals surface area (Å²) in [6.07, 6.45) is 8.01. The van der Waals surface area contributed by atoms with Gasteiger partial charge in [-0.25, -0.2) is 0 Å². The quantitative estimate of drug-likeness (QED) is 0.0215. The van der Waals surface area contributed by atoms with Gasteiger partial charge in [-0.3, -0.25) is 4.79 Å². The van der Waals surface area contributed by atoms with Crippen molar-refractivity contribution in [3.8, 4) is 0 Å². The molecule has 4 saturated heterocycles. The number of nitrogens with one attached hydrogen (secondary N) is 1. The van der Waals surface area contributed by atoms with Crippen molar-refractivity contribution in [3.05, 3.63) is 11.5 Å². The Morgan fingerprint density at radius 1 is 0.686 bits per heavy atom. The van der Waals surface area contributed by atoms with Crippen LogP contribution in [0.25, 0.3) is 4.95 Å². The smallest absolute Gasteiger partial charge is 1.00 e. The Morgan fingerprint density at radius 3 is 1.31 bits per heavy atom. The van der Waals surface area contributed by atoms with Gasteiger partial charge in [0.05, 0.1) is 49.6 Å². The molecule has 0 unspecified atom stereocenters. The maximum Gasteiger partial charge on any atom is 1.00 e. The molecule has 4 aliphatic rings. The number of carbonyl (C=O) groups is 1. The normalized spacial score (nSPS) is 16.6. The molecule has 0 spiro atoms. The molecule has 7 heterocycles. The van der Waals surface area contributed by atoms with E-state index < -0.39 is 0 Å². The molecule has 0 amide bonds. The molecule has 2 N–H and O–H groups in total. The number of hydrogen-bond acceptors (Lipinski definition) is 23. The Morgan fingerprint density at radius 2 is 1.03 bits per heavy atom. The van der Waals surface area contributed by atoms with Gasteiger partial charge >= 0.3 is 103 Å². The minimum Gasteiger partial charge on any atom is -1.00 e. The second-order valence-corrected chi connectivity index (χ2v) is 19.0. The fourth-order valence-corrected chi connectivity index (χ4v) is 6.53. The Kier molecular flexibility index (Phi) is 41.7. The number of hydrogen-bond donors (Lipinski definition) is 2. The van der Waals surface area contributed by atoms with E-state index in [-0.39, 0.29) is 147 Å². The fraction of sp³-hybridized carbons (Fsp3) is 0.875. The third-order valence-corrected chi connectivity index (χ3v) is 10.2. The fourth-order valence-electron chi connectivity index (χ4n) is 6.53. The molecule has 0 bridgehead atoms. The number of aliphatic hydroxyl groups excluding tert-OH is 1. The summed E-state index contributed by atoms with van der Waals surface area (Å²) in [7, 11) is 4.89. The van der Waals surface area contributed by atoms with Crippen LogP contribution in [0.15, 0.2) is 0 Å². The van der Waals surface area contributed by atoms with Crippen molar-refractivity contribution in [1.29, 1.82) is 0 Å². The molecule has 7 rings (SSSR count). The van der Waals surface area contributed by atoms with Gasteiger partial charge in [0.15, 0.2) is 0 Å². The van der Waals surface area contributed by atoms with Crippen molar-refractivity contribution in [3.63, 3.8) is 0 Å². The molecule has 3 aromatic rings. The second kappa shape index (κ2) is 42.3. The van der Waals surface area contributed by atoms with Crippen LogP contribution in [-0.2, 0) is 38.1 Å². The van der Waals surface area contributed by atoms with Crippen LogP contribution in [0.1, 0.15) is 106 Å². The first-order valence-electron chi connectivity index (χ1n) is 22.8. The van der Waals surface area contributed by atoms with Crippen LogP contribution >= 0.6 is 22.6 Å². The molecule has 27 nitrogen and oxygen atoms in total. The van der Waals surface area contributed by atoms with Crippen LogP contribution in [-0.4, -0.2) is 200 Å². The third kappa shape index (κ3) is 29.8. The summed E-state index contributed by atoms with van der Waals surface area (Å²) >= 11 is 2.34. The number of anilines is 3. The average Bonchev–Trinajstić information content (AvgIpc) is 4.18. The van der Waals surface area contributed by atoms with Gasteiger partial charge in [0.25, 0.3) is 24.3 Å². The summed E-state index contributed by atoms with van der Waals surface area (Å²) in [6, 6.07) is 0.482. The van der Waals surface area contributed by atoms with Gasteiger partial charge in [-0.15, -0.1) is 20.3 Å². The average molecular weight is 1160 g/mol. The minimum atomic E-state index is -0.181. The molecule has 4 aliphatic heterocycles. The molecule has 70 heavy (non-hydrogen) atoms. The number of nitrogens with zero attached hydrogens (tertiary/aromatic N) is 16. The largest absolute Gasteiger partial charge is 1.00 e. The van der Waals surface area contributed by atoms with E-state index in [1.165, 1.54) is 0 Å². The molecular weight excluding hydrogens is 1080 g/mol. The van der Waals surface area contributed by atoms with Crippen molar-refractivity contribution < 1.29 is 153 Å². The number of H-pyrrole nitrogens is 1. The molecule has 0 aromatic carbocycles. The number of carbonyl (C=O) groups excluding carboxylic acids is 1. The van der Waals surface area contributed by atoms with E-state index in [1.54, 1.807) is 35.9 Å². The Balaban J connectivity index is 0. The van der Waals surface area contributed by atoms with Gasteiger partial charge in [-0.1, -0.05) is 51.7 Å².